The molecule has 0 spiro atoms. The van der Waals surface area contributed by atoms with Crippen LogP contribution in [0.1, 0.15) is 45.9 Å². The number of nitriles is 1. The summed E-state index contributed by atoms with van der Waals surface area (Å²) in [7, 11) is 1.58. The third-order valence-corrected chi connectivity index (χ3v) is 14.1. The summed E-state index contributed by atoms with van der Waals surface area (Å²) in [5.41, 5.74) is 5.66. The molecule has 0 saturated carbocycles. The standard InChI is InChI=1S/C65H63NO11/c1-44-58(77-57(67)36-54-28-16-17-29-55(54)37-66)60(71-41-48-30-32-50-24-12-14-26-52(50)34-48)63(73-42-49-31-33-51-25-13-15-27-53(51)35-49)65(75-44)74-43-56-59(69-38-45-18-6-3-7-19-45)61(70-39-46-20-8-4-9-21-46)62(64(68-2)76-56)72-40-47-22-10-5-11-23-47/h3-35,44,56,58-65H,36,38-43H2,1-2H3/t44-,56-,58-,59-,60+,61+,62-,63-,64+,65+/m1/s1. The van der Waals surface area contributed by atoms with Gasteiger partial charge in [0.05, 0.1) is 63.8 Å². The van der Waals surface area contributed by atoms with Gasteiger partial charge < -0.3 is 47.4 Å². The molecule has 77 heavy (non-hydrogen) atoms. The molecule has 8 aromatic rings. The quantitative estimate of drug-likeness (QED) is 0.0598. The van der Waals surface area contributed by atoms with E-state index in [1.807, 2.05) is 134 Å². The first-order chi connectivity index (χ1) is 37.9. The Hall–Kier alpha value is -7.12. The molecule has 2 aliphatic rings. The van der Waals surface area contributed by atoms with Crippen molar-refractivity contribution in [3.05, 3.63) is 239 Å². The van der Waals surface area contributed by atoms with Crippen molar-refractivity contribution in [2.45, 2.75) is 108 Å². The van der Waals surface area contributed by atoms with Crippen molar-refractivity contribution in [3.8, 4) is 6.07 Å². The highest BCUT2D eigenvalue weighted by atomic mass is 16.7. The Morgan fingerprint density at radius 3 is 1.43 bits per heavy atom. The van der Waals surface area contributed by atoms with Gasteiger partial charge in [0.25, 0.3) is 0 Å². The maximum absolute atomic E-state index is 14.1. The molecule has 0 amide bonds. The molecule has 0 unspecified atom stereocenters. The van der Waals surface area contributed by atoms with Gasteiger partial charge >= 0.3 is 5.97 Å². The summed E-state index contributed by atoms with van der Waals surface area (Å²) in [5, 5.41) is 14.2. The van der Waals surface area contributed by atoms with E-state index < -0.39 is 67.4 Å². The minimum atomic E-state index is -1.09. The van der Waals surface area contributed by atoms with Crippen LogP contribution >= 0.6 is 0 Å². The van der Waals surface area contributed by atoms with Gasteiger partial charge in [0, 0.05) is 7.11 Å². The third kappa shape index (κ3) is 13.7. The van der Waals surface area contributed by atoms with E-state index in [0.717, 1.165) is 49.4 Å². The van der Waals surface area contributed by atoms with Gasteiger partial charge in [-0.3, -0.25) is 4.79 Å². The van der Waals surface area contributed by atoms with Crippen LogP contribution in [-0.4, -0.2) is 81.1 Å². The number of benzene rings is 8. The highest BCUT2D eigenvalue weighted by Gasteiger charge is 2.52. The van der Waals surface area contributed by atoms with E-state index in [-0.39, 0.29) is 46.1 Å². The van der Waals surface area contributed by atoms with Gasteiger partial charge in [0.2, 0.25) is 0 Å². The number of carbonyl (C=O) groups is 1. The molecule has 12 heteroatoms. The lowest BCUT2D eigenvalue weighted by Gasteiger charge is -2.47. The van der Waals surface area contributed by atoms with Crippen molar-refractivity contribution in [1.29, 1.82) is 5.26 Å². The summed E-state index contributed by atoms with van der Waals surface area (Å²) in [6, 6.07) is 67.6. The maximum Gasteiger partial charge on any atom is 0.310 e. The second kappa shape index (κ2) is 26.3. The monoisotopic (exact) mass is 1030 g/mol. The highest BCUT2D eigenvalue weighted by molar-refractivity contribution is 5.83. The van der Waals surface area contributed by atoms with Crippen LogP contribution in [0.3, 0.4) is 0 Å². The average Bonchev–Trinajstić information content (AvgIpc) is 3.48. The summed E-state index contributed by atoms with van der Waals surface area (Å²) < 4.78 is 67.6. The van der Waals surface area contributed by atoms with Gasteiger partial charge in [-0.1, -0.05) is 182 Å². The Morgan fingerprint density at radius 2 is 0.896 bits per heavy atom. The summed E-state index contributed by atoms with van der Waals surface area (Å²) >= 11 is 0. The van der Waals surface area contributed by atoms with Gasteiger partial charge in [-0.25, -0.2) is 0 Å². The van der Waals surface area contributed by atoms with Crippen LogP contribution in [-0.2, 0) is 91.6 Å². The van der Waals surface area contributed by atoms with Crippen LogP contribution in [0, 0.1) is 11.3 Å². The van der Waals surface area contributed by atoms with Crippen LogP contribution in [0.4, 0.5) is 0 Å². The molecular weight excluding hydrogens is 971 g/mol. The lowest BCUT2D eigenvalue weighted by molar-refractivity contribution is -0.345. The van der Waals surface area contributed by atoms with E-state index in [4.69, 9.17) is 47.4 Å². The highest BCUT2D eigenvalue weighted by Crippen LogP contribution is 2.35. The molecule has 0 bridgehead atoms. The molecule has 2 saturated heterocycles. The SMILES string of the molecule is CO[C@H]1O[C@H](CO[C@H]2O[C@H](C)[C@@H](OC(=O)Cc3ccccc3C#N)[C@H](OCc3ccc4ccccc4c3)[C@H]2OCc2ccc3ccccc3c2)[C@@H](OCc2ccccc2)[C@H](OCc2ccccc2)[C@H]1OCc1ccccc1. The molecular formula is C65H63NO11. The first kappa shape index (κ1) is 53.3. The fourth-order valence-electron chi connectivity index (χ4n) is 10.1. The lowest BCUT2D eigenvalue weighted by Crippen LogP contribution is -2.63. The van der Waals surface area contributed by atoms with Crippen molar-refractivity contribution in [2.75, 3.05) is 13.7 Å². The number of carbonyl (C=O) groups excluding carboxylic acids is 1. The smallest absolute Gasteiger partial charge is 0.310 e. The minimum Gasteiger partial charge on any atom is -0.456 e. The summed E-state index contributed by atoms with van der Waals surface area (Å²) in [5.74, 6) is -0.551. The number of esters is 1. The van der Waals surface area contributed by atoms with Crippen molar-refractivity contribution >= 4 is 27.5 Å². The van der Waals surface area contributed by atoms with E-state index in [1.165, 1.54) is 0 Å². The number of rotatable bonds is 22. The number of nitrogens with zero attached hydrogens (tertiary/aromatic N) is 1. The molecule has 2 heterocycles. The Morgan fingerprint density at radius 1 is 0.455 bits per heavy atom. The van der Waals surface area contributed by atoms with Crippen LogP contribution in [0.25, 0.3) is 21.5 Å². The van der Waals surface area contributed by atoms with E-state index in [2.05, 4.69) is 54.6 Å². The van der Waals surface area contributed by atoms with E-state index in [1.54, 1.807) is 31.4 Å². The summed E-state index contributed by atoms with van der Waals surface area (Å²) in [6.07, 6.45) is -8.75. The van der Waals surface area contributed by atoms with Gasteiger partial charge in [0.1, 0.15) is 36.6 Å². The summed E-state index contributed by atoms with van der Waals surface area (Å²) in [6.45, 7) is 2.82. The molecule has 394 valence electrons. The van der Waals surface area contributed by atoms with Gasteiger partial charge in [-0.15, -0.1) is 0 Å². The van der Waals surface area contributed by atoms with E-state index >= 15 is 0 Å². The fraction of sp³-hybridized carbons (Fsp3) is 0.292. The first-order valence-electron chi connectivity index (χ1n) is 26.2. The predicted octanol–water partition coefficient (Wildman–Crippen LogP) is 11.4. The molecule has 0 radical (unpaired) electrons. The van der Waals surface area contributed by atoms with Crippen LogP contribution in [0.2, 0.25) is 0 Å². The molecule has 0 aromatic heterocycles. The lowest BCUT2D eigenvalue weighted by atomic mass is 9.97. The van der Waals surface area contributed by atoms with Crippen molar-refractivity contribution in [1.82, 2.24) is 0 Å². The second-order valence-corrected chi connectivity index (χ2v) is 19.4. The molecule has 0 aliphatic carbocycles. The molecule has 10 atom stereocenters. The van der Waals surface area contributed by atoms with Crippen molar-refractivity contribution in [2.24, 2.45) is 0 Å². The third-order valence-electron chi connectivity index (χ3n) is 14.1. The number of hydrogen-bond acceptors (Lipinski definition) is 12. The number of ether oxygens (including phenoxy) is 10. The predicted molar refractivity (Wildman–Crippen MR) is 291 cm³/mol. The molecule has 10 rings (SSSR count). The van der Waals surface area contributed by atoms with E-state index in [0.29, 0.717) is 11.1 Å². The van der Waals surface area contributed by atoms with Crippen LogP contribution < -0.4 is 0 Å². The Bertz CT molecular complexity index is 3190. The molecule has 12 nitrogen and oxygen atoms in total. The zero-order chi connectivity index (χ0) is 52.8. The normalized spacial score (nSPS) is 23.3. The van der Waals surface area contributed by atoms with Gasteiger partial charge in [-0.05, 0) is 80.0 Å². The zero-order valence-electron chi connectivity index (χ0n) is 43.2. The van der Waals surface area contributed by atoms with Crippen molar-refractivity contribution < 1.29 is 52.2 Å². The molecule has 0 N–H and O–H groups in total. The maximum atomic E-state index is 14.1. The molecule has 8 aromatic carbocycles. The topological polar surface area (TPSA) is 133 Å². The molecule has 2 aliphatic heterocycles. The summed E-state index contributed by atoms with van der Waals surface area (Å²) in [4.78, 5) is 14.1. The Balaban J connectivity index is 0.981. The fourth-order valence-corrected chi connectivity index (χ4v) is 10.1. The number of methoxy groups -OCH3 is 1. The number of fused-ring (bicyclic) bond motifs is 2. The average molecular weight is 1030 g/mol. The van der Waals surface area contributed by atoms with Gasteiger partial charge in [0.15, 0.2) is 18.7 Å². The zero-order valence-corrected chi connectivity index (χ0v) is 43.2. The van der Waals surface area contributed by atoms with Crippen LogP contribution in [0.5, 0.6) is 0 Å². The van der Waals surface area contributed by atoms with Crippen LogP contribution in [0.15, 0.2) is 200 Å². The molecule has 2 fully saturated rings. The van der Waals surface area contributed by atoms with Gasteiger partial charge in [-0.2, -0.15) is 5.26 Å². The Kier molecular flexibility index (Phi) is 18.2. The van der Waals surface area contributed by atoms with E-state index in [9.17, 15) is 10.1 Å². The van der Waals surface area contributed by atoms with Crippen molar-refractivity contribution in [3.63, 3.8) is 0 Å². The second-order valence-electron chi connectivity index (χ2n) is 19.4. The first-order valence-corrected chi connectivity index (χ1v) is 26.2. The largest absolute Gasteiger partial charge is 0.456 e. The minimum absolute atomic E-state index is 0.0735. The Labute approximate surface area is 449 Å². The number of hydrogen-bond donors (Lipinski definition) is 0.